The summed E-state index contributed by atoms with van der Waals surface area (Å²) < 4.78 is 0. The molecule has 1 spiro atoms. The Kier molecular flexibility index (Phi) is 4.37. The van der Waals surface area contributed by atoms with Crippen LogP contribution in [0.15, 0.2) is 18.2 Å². The maximum Gasteiger partial charge on any atom is 0.254 e. The molecule has 0 radical (unpaired) electrons. The Morgan fingerprint density at radius 2 is 2.00 bits per heavy atom. The Bertz CT molecular complexity index is 636. The molecule has 1 aromatic rings. The van der Waals surface area contributed by atoms with E-state index in [4.69, 9.17) is 11.6 Å². The lowest BCUT2D eigenvalue weighted by Crippen LogP contribution is -2.44. The monoisotopic (exact) mass is 334 g/mol. The van der Waals surface area contributed by atoms with Gasteiger partial charge >= 0.3 is 0 Å². The predicted molar refractivity (Wildman–Crippen MR) is 90.6 cm³/mol. The molecule has 4 nitrogen and oxygen atoms in total. The van der Waals surface area contributed by atoms with Crippen LogP contribution in [0, 0.1) is 12.3 Å². The van der Waals surface area contributed by atoms with E-state index in [0.29, 0.717) is 17.0 Å². The summed E-state index contributed by atoms with van der Waals surface area (Å²) in [5, 5.41) is 0.629. The lowest BCUT2D eigenvalue weighted by molar-refractivity contribution is -0.127. The van der Waals surface area contributed by atoms with Crippen LogP contribution in [0.1, 0.15) is 42.1 Å². The molecule has 2 aliphatic heterocycles. The molecule has 0 aliphatic carbocycles. The molecule has 2 saturated heterocycles. The first-order valence-corrected chi connectivity index (χ1v) is 8.66. The zero-order chi connectivity index (χ0) is 16.6. The minimum Gasteiger partial charge on any atom is -0.342 e. The normalized spacial score (nSPS) is 20.4. The Morgan fingerprint density at radius 1 is 1.30 bits per heavy atom. The van der Waals surface area contributed by atoms with Crippen molar-refractivity contribution >= 4 is 23.4 Å². The first kappa shape index (κ1) is 16.3. The van der Waals surface area contributed by atoms with Crippen molar-refractivity contribution in [3.05, 3.63) is 34.3 Å². The summed E-state index contributed by atoms with van der Waals surface area (Å²) in [7, 11) is 0. The van der Waals surface area contributed by atoms with E-state index in [2.05, 4.69) is 0 Å². The van der Waals surface area contributed by atoms with E-state index in [1.807, 2.05) is 41.8 Å². The quantitative estimate of drug-likeness (QED) is 0.833. The van der Waals surface area contributed by atoms with Crippen LogP contribution in [0.4, 0.5) is 0 Å². The predicted octanol–water partition coefficient (Wildman–Crippen LogP) is 3.12. The molecule has 2 aliphatic rings. The second kappa shape index (κ2) is 6.16. The van der Waals surface area contributed by atoms with Crippen molar-refractivity contribution in [3.8, 4) is 0 Å². The van der Waals surface area contributed by atoms with E-state index >= 15 is 0 Å². The number of halogens is 1. The number of carbonyl (C=O) groups is 2. The van der Waals surface area contributed by atoms with Gasteiger partial charge in [0, 0.05) is 48.6 Å². The fraction of sp³-hybridized carbons (Fsp3) is 0.556. The van der Waals surface area contributed by atoms with E-state index in [0.717, 1.165) is 44.6 Å². The SMILES string of the molecule is CCN1CC2(CCN(C(=O)c3cccc(Cl)c3C)CC2)CC1=O. The van der Waals surface area contributed by atoms with Crippen LogP contribution >= 0.6 is 11.6 Å². The highest BCUT2D eigenvalue weighted by Crippen LogP contribution is 2.41. The topological polar surface area (TPSA) is 40.6 Å². The minimum atomic E-state index is 0.0523. The number of rotatable bonds is 2. The molecule has 124 valence electrons. The molecular formula is C18H23ClN2O2. The molecule has 0 N–H and O–H groups in total. The van der Waals surface area contributed by atoms with Gasteiger partial charge in [-0.05, 0) is 44.4 Å². The Morgan fingerprint density at radius 3 is 2.61 bits per heavy atom. The summed E-state index contributed by atoms with van der Waals surface area (Å²) in [5.41, 5.74) is 1.60. The molecule has 3 rings (SSSR count). The van der Waals surface area contributed by atoms with Crippen LogP contribution in [-0.4, -0.2) is 47.8 Å². The van der Waals surface area contributed by atoms with E-state index in [1.165, 1.54) is 0 Å². The third-order valence-corrected chi connectivity index (χ3v) is 5.81. The number of benzene rings is 1. The van der Waals surface area contributed by atoms with Gasteiger partial charge in [-0.3, -0.25) is 9.59 Å². The maximum absolute atomic E-state index is 12.8. The number of piperidine rings is 1. The lowest BCUT2D eigenvalue weighted by atomic mass is 9.77. The summed E-state index contributed by atoms with van der Waals surface area (Å²) in [6.07, 6.45) is 2.44. The summed E-state index contributed by atoms with van der Waals surface area (Å²) in [4.78, 5) is 28.6. The summed E-state index contributed by atoms with van der Waals surface area (Å²) in [5.74, 6) is 0.314. The third kappa shape index (κ3) is 2.97. The number of hydrogen-bond donors (Lipinski definition) is 0. The van der Waals surface area contributed by atoms with Crippen molar-refractivity contribution in [2.24, 2.45) is 5.41 Å². The van der Waals surface area contributed by atoms with Gasteiger partial charge in [0.25, 0.3) is 5.91 Å². The fourth-order valence-electron chi connectivity index (χ4n) is 3.80. The van der Waals surface area contributed by atoms with Crippen molar-refractivity contribution in [2.75, 3.05) is 26.2 Å². The van der Waals surface area contributed by atoms with Crippen LogP contribution in [0.3, 0.4) is 0 Å². The molecule has 2 heterocycles. The van der Waals surface area contributed by atoms with Gasteiger partial charge in [0.1, 0.15) is 0 Å². The summed E-state index contributed by atoms with van der Waals surface area (Å²) in [6.45, 7) is 6.98. The van der Waals surface area contributed by atoms with Gasteiger partial charge in [-0.15, -0.1) is 0 Å². The summed E-state index contributed by atoms with van der Waals surface area (Å²) >= 11 is 6.13. The first-order chi connectivity index (χ1) is 11.0. The van der Waals surface area contributed by atoms with Gasteiger partial charge in [-0.2, -0.15) is 0 Å². The molecule has 0 aromatic heterocycles. The van der Waals surface area contributed by atoms with E-state index in [9.17, 15) is 9.59 Å². The minimum absolute atomic E-state index is 0.0523. The summed E-state index contributed by atoms with van der Waals surface area (Å²) in [6, 6.07) is 5.47. The third-order valence-electron chi connectivity index (χ3n) is 5.40. The van der Waals surface area contributed by atoms with Gasteiger partial charge < -0.3 is 9.80 Å². The highest BCUT2D eigenvalue weighted by atomic mass is 35.5. The number of nitrogens with zero attached hydrogens (tertiary/aromatic N) is 2. The van der Waals surface area contributed by atoms with Crippen LogP contribution < -0.4 is 0 Å². The number of carbonyl (C=O) groups excluding carboxylic acids is 2. The standard InChI is InChI=1S/C18H23ClN2O2/c1-3-20-12-18(11-16(20)22)7-9-21(10-8-18)17(23)14-5-4-6-15(19)13(14)2/h4-6H,3,7-12H2,1-2H3. The van der Waals surface area contributed by atoms with Gasteiger partial charge in [0.2, 0.25) is 5.91 Å². The first-order valence-electron chi connectivity index (χ1n) is 8.28. The molecular weight excluding hydrogens is 312 g/mol. The number of hydrogen-bond acceptors (Lipinski definition) is 2. The number of amides is 2. The van der Waals surface area contributed by atoms with E-state index in [-0.39, 0.29) is 17.2 Å². The molecule has 5 heteroatoms. The zero-order valence-corrected chi connectivity index (χ0v) is 14.5. The lowest BCUT2D eigenvalue weighted by Gasteiger charge is -2.39. The van der Waals surface area contributed by atoms with Crippen molar-refractivity contribution in [3.63, 3.8) is 0 Å². The zero-order valence-electron chi connectivity index (χ0n) is 13.8. The molecule has 0 atom stereocenters. The second-order valence-electron chi connectivity index (χ2n) is 6.79. The average molecular weight is 335 g/mol. The highest BCUT2D eigenvalue weighted by molar-refractivity contribution is 6.31. The average Bonchev–Trinajstić information content (AvgIpc) is 2.85. The van der Waals surface area contributed by atoms with E-state index in [1.54, 1.807) is 0 Å². The van der Waals surface area contributed by atoms with Crippen LogP contribution in [0.2, 0.25) is 5.02 Å². The Labute approximate surface area is 142 Å². The van der Waals surface area contributed by atoms with Crippen LogP contribution in [0.25, 0.3) is 0 Å². The largest absolute Gasteiger partial charge is 0.342 e. The van der Waals surface area contributed by atoms with Gasteiger partial charge in [0.05, 0.1) is 0 Å². The Balaban J connectivity index is 1.69. The van der Waals surface area contributed by atoms with E-state index < -0.39 is 0 Å². The second-order valence-corrected chi connectivity index (χ2v) is 7.20. The molecule has 0 bridgehead atoms. The number of likely N-dealkylation sites (tertiary alicyclic amines) is 2. The highest BCUT2D eigenvalue weighted by Gasteiger charge is 2.44. The van der Waals surface area contributed by atoms with Crippen LogP contribution in [0.5, 0.6) is 0 Å². The fourth-order valence-corrected chi connectivity index (χ4v) is 3.97. The van der Waals surface area contributed by atoms with Gasteiger partial charge in [-0.25, -0.2) is 0 Å². The molecule has 0 unspecified atom stereocenters. The van der Waals surface area contributed by atoms with Gasteiger partial charge in [-0.1, -0.05) is 17.7 Å². The van der Waals surface area contributed by atoms with Crippen molar-refractivity contribution < 1.29 is 9.59 Å². The molecule has 23 heavy (non-hydrogen) atoms. The Hall–Kier alpha value is -1.55. The molecule has 2 amide bonds. The molecule has 2 fully saturated rings. The smallest absolute Gasteiger partial charge is 0.254 e. The molecule has 0 saturated carbocycles. The van der Waals surface area contributed by atoms with Crippen LogP contribution in [-0.2, 0) is 4.79 Å². The molecule has 1 aromatic carbocycles. The van der Waals surface area contributed by atoms with Crippen molar-refractivity contribution in [1.82, 2.24) is 9.80 Å². The maximum atomic E-state index is 12.8. The van der Waals surface area contributed by atoms with Gasteiger partial charge in [0.15, 0.2) is 0 Å². The van der Waals surface area contributed by atoms with Crippen molar-refractivity contribution in [2.45, 2.75) is 33.1 Å². The van der Waals surface area contributed by atoms with Crippen molar-refractivity contribution in [1.29, 1.82) is 0 Å².